The molecule has 0 amide bonds. The van der Waals surface area contributed by atoms with E-state index in [2.05, 4.69) is 61.2 Å². The molecule has 3 aliphatic heterocycles. The minimum absolute atomic E-state index is 0.0341. The largest absolute Gasteiger partial charge is 0.391 e. The molecule has 0 radical (unpaired) electrons. The van der Waals surface area contributed by atoms with E-state index >= 15 is 0 Å². The summed E-state index contributed by atoms with van der Waals surface area (Å²) in [6.45, 7) is 25.2. The first kappa shape index (κ1) is 34.6. The Labute approximate surface area is 262 Å². The van der Waals surface area contributed by atoms with Gasteiger partial charge in [-0.25, -0.2) is 9.40 Å². The summed E-state index contributed by atoms with van der Waals surface area (Å²) in [6.07, 6.45) is 12.0. The molecule has 11 atom stereocenters. The standard InChI is InChI=1S/C31H56FN5O.C5H8/c1-7-9-23-28-24(8-2)36(19(4)22-17-34-30(31(5,6)32)18(3)29(22)33)15-14-26(28)37(35-23)25-13-12-21(16-27(25)38)20-10-11-20;1-4-5(2)3/h18,20-30,34-35,38H,4,7-17,33H2,1-3,5-6H3;4H,1-2H2,3H3. The van der Waals surface area contributed by atoms with Gasteiger partial charge in [-0.1, -0.05) is 58.6 Å². The Balaban J connectivity index is 0.000000782. The Morgan fingerprint density at radius 3 is 2.28 bits per heavy atom. The first-order chi connectivity index (χ1) is 20.3. The van der Waals surface area contributed by atoms with Crippen molar-refractivity contribution in [3.63, 3.8) is 0 Å². The maximum atomic E-state index is 14.9. The molecular weight excluding hydrogens is 537 g/mol. The van der Waals surface area contributed by atoms with Crippen LogP contribution in [0.1, 0.15) is 99.3 Å². The zero-order chi connectivity index (χ0) is 31.6. The second-order valence-corrected chi connectivity index (χ2v) is 15.1. The van der Waals surface area contributed by atoms with E-state index in [1.165, 1.54) is 19.3 Å². The number of aliphatic hydroxyl groups is 1. The van der Waals surface area contributed by atoms with Gasteiger partial charge in [0, 0.05) is 60.8 Å². The second-order valence-electron chi connectivity index (χ2n) is 15.1. The predicted molar refractivity (Wildman–Crippen MR) is 178 cm³/mol. The molecule has 5 N–H and O–H groups in total. The molecule has 7 heteroatoms. The Bertz CT molecular complexity index is 962. The van der Waals surface area contributed by atoms with E-state index in [1.54, 1.807) is 19.9 Å². The van der Waals surface area contributed by atoms with Gasteiger partial charge >= 0.3 is 0 Å². The fourth-order valence-electron chi connectivity index (χ4n) is 9.15. The lowest BCUT2D eigenvalue weighted by Gasteiger charge is -2.52. The lowest BCUT2D eigenvalue weighted by molar-refractivity contribution is -0.0450. The van der Waals surface area contributed by atoms with Crippen LogP contribution in [0.15, 0.2) is 37.1 Å². The number of alkyl halides is 1. The number of fused-ring (bicyclic) bond motifs is 1. The molecule has 0 aromatic heterocycles. The Hall–Kier alpha value is -1.25. The number of allylic oxidation sites excluding steroid dienone is 2. The zero-order valence-corrected chi connectivity index (χ0v) is 28.2. The van der Waals surface area contributed by atoms with Crippen molar-refractivity contribution in [3.05, 3.63) is 37.1 Å². The fraction of sp³-hybridized carbons (Fsp3) is 0.833. The van der Waals surface area contributed by atoms with Crippen LogP contribution in [0.5, 0.6) is 0 Å². The molecule has 0 spiro atoms. The summed E-state index contributed by atoms with van der Waals surface area (Å²) in [5.74, 6) is 2.26. The SMILES string of the molecule is C=C(C1CNC(C(C)(C)F)C(C)C1N)N1CCC2C(C(CCC)NN2C2CCC(C3CC3)CC2O)C1CC.C=CC(=C)C. The van der Waals surface area contributed by atoms with Gasteiger partial charge in [-0.15, -0.1) is 0 Å². The van der Waals surface area contributed by atoms with Gasteiger partial charge in [-0.3, -0.25) is 5.43 Å². The average molecular weight is 602 g/mol. The number of nitrogens with zero attached hydrogens (tertiary/aromatic N) is 2. The first-order valence-electron chi connectivity index (χ1n) is 17.5. The van der Waals surface area contributed by atoms with E-state index in [0.717, 1.165) is 68.2 Å². The number of aliphatic hydroxyl groups excluding tert-OH is 1. The maximum absolute atomic E-state index is 14.9. The van der Waals surface area contributed by atoms with Gasteiger partial charge in [0.05, 0.1) is 12.1 Å². The van der Waals surface area contributed by atoms with Gasteiger partial charge in [0.15, 0.2) is 0 Å². The molecule has 3 saturated heterocycles. The van der Waals surface area contributed by atoms with E-state index in [0.29, 0.717) is 30.6 Å². The van der Waals surface area contributed by atoms with Crippen LogP contribution in [0.4, 0.5) is 4.39 Å². The van der Waals surface area contributed by atoms with Gasteiger partial charge in [0.1, 0.15) is 5.67 Å². The quantitative estimate of drug-likeness (QED) is 0.245. The van der Waals surface area contributed by atoms with Crippen molar-refractivity contribution in [2.75, 3.05) is 13.1 Å². The topological polar surface area (TPSA) is 76.8 Å². The third kappa shape index (κ3) is 7.60. The van der Waals surface area contributed by atoms with Gasteiger partial charge in [-0.05, 0) is 89.9 Å². The van der Waals surface area contributed by atoms with Crippen LogP contribution < -0.4 is 16.5 Å². The maximum Gasteiger partial charge on any atom is 0.121 e. The monoisotopic (exact) mass is 602 g/mol. The Morgan fingerprint density at radius 2 is 1.74 bits per heavy atom. The van der Waals surface area contributed by atoms with Crippen molar-refractivity contribution in [1.82, 2.24) is 20.7 Å². The molecule has 11 unspecified atom stereocenters. The second kappa shape index (κ2) is 14.5. The smallest absolute Gasteiger partial charge is 0.121 e. The molecule has 0 bridgehead atoms. The van der Waals surface area contributed by atoms with E-state index < -0.39 is 5.67 Å². The van der Waals surface area contributed by atoms with Crippen LogP contribution in [-0.4, -0.2) is 76.1 Å². The van der Waals surface area contributed by atoms with Crippen molar-refractivity contribution in [1.29, 1.82) is 0 Å². The van der Waals surface area contributed by atoms with Crippen LogP contribution in [0, 0.1) is 29.6 Å². The summed E-state index contributed by atoms with van der Waals surface area (Å²) in [5, 5.41) is 17.3. The van der Waals surface area contributed by atoms with E-state index in [9.17, 15) is 9.50 Å². The summed E-state index contributed by atoms with van der Waals surface area (Å²) >= 11 is 0. The first-order valence-corrected chi connectivity index (χ1v) is 17.5. The molecule has 43 heavy (non-hydrogen) atoms. The lowest BCUT2D eigenvalue weighted by Crippen LogP contribution is -2.64. The summed E-state index contributed by atoms with van der Waals surface area (Å²) in [5.41, 5.74) is 11.6. The molecule has 0 aromatic rings. The van der Waals surface area contributed by atoms with Crippen LogP contribution in [0.25, 0.3) is 0 Å². The number of rotatable bonds is 9. The molecule has 0 aromatic carbocycles. The zero-order valence-electron chi connectivity index (χ0n) is 28.2. The van der Waals surface area contributed by atoms with Crippen LogP contribution in [0.2, 0.25) is 0 Å². The van der Waals surface area contributed by atoms with Crippen molar-refractivity contribution in [2.24, 2.45) is 35.3 Å². The van der Waals surface area contributed by atoms with Gasteiger partial charge in [-0.2, -0.15) is 0 Å². The predicted octanol–water partition coefficient (Wildman–Crippen LogP) is 5.95. The van der Waals surface area contributed by atoms with Gasteiger partial charge in [0.25, 0.3) is 0 Å². The number of halogens is 1. The molecule has 5 rings (SSSR count). The third-order valence-corrected chi connectivity index (χ3v) is 11.6. The van der Waals surface area contributed by atoms with Gasteiger partial charge < -0.3 is 21.1 Å². The number of hydrazine groups is 1. The highest BCUT2D eigenvalue weighted by molar-refractivity contribution is 5.16. The molecular formula is C36H64FN5O. The number of nitrogens with one attached hydrogen (secondary N) is 2. The average Bonchev–Trinajstić information content (AvgIpc) is 3.75. The Morgan fingerprint density at radius 1 is 1.09 bits per heavy atom. The van der Waals surface area contributed by atoms with Gasteiger partial charge in [0.2, 0.25) is 0 Å². The summed E-state index contributed by atoms with van der Waals surface area (Å²) in [7, 11) is 0. The van der Waals surface area contributed by atoms with Crippen LogP contribution in [0.3, 0.4) is 0 Å². The van der Waals surface area contributed by atoms with Crippen molar-refractivity contribution in [3.8, 4) is 0 Å². The van der Waals surface area contributed by atoms with E-state index in [4.69, 9.17) is 5.73 Å². The molecule has 6 nitrogen and oxygen atoms in total. The number of piperidine rings is 2. The molecule has 5 fully saturated rings. The summed E-state index contributed by atoms with van der Waals surface area (Å²) in [4.78, 5) is 2.58. The normalized spacial score (nSPS) is 40.3. The highest BCUT2D eigenvalue weighted by atomic mass is 19.1. The third-order valence-electron chi connectivity index (χ3n) is 11.6. The van der Waals surface area contributed by atoms with Crippen LogP contribution >= 0.6 is 0 Å². The molecule has 2 aliphatic carbocycles. The minimum Gasteiger partial charge on any atom is -0.391 e. The molecule has 246 valence electrons. The minimum atomic E-state index is -1.30. The highest BCUT2D eigenvalue weighted by Gasteiger charge is 2.54. The summed E-state index contributed by atoms with van der Waals surface area (Å²) < 4.78 is 14.9. The van der Waals surface area contributed by atoms with Crippen molar-refractivity contribution in [2.45, 2.75) is 147 Å². The number of hydrogen-bond acceptors (Lipinski definition) is 6. The Kier molecular flexibility index (Phi) is 11.6. The van der Waals surface area contributed by atoms with E-state index in [-0.39, 0.29) is 36.1 Å². The fourth-order valence-corrected chi connectivity index (χ4v) is 9.15. The molecule has 5 aliphatic rings. The van der Waals surface area contributed by atoms with Crippen molar-refractivity contribution >= 4 is 0 Å². The lowest BCUT2D eigenvalue weighted by atomic mass is 9.73. The van der Waals surface area contributed by atoms with Crippen LogP contribution in [-0.2, 0) is 0 Å². The molecule has 3 heterocycles. The number of likely N-dealkylation sites (tertiary alicyclic amines) is 1. The summed E-state index contributed by atoms with van der Waals surface area (Å²) in [6, 6.07) is 1.15. The number of nitrogens with two attached hydrogens (primary N) is 1. The van der Waals surface area contributed by atoms with Crippen molar-refractivity contribution < 1.29 is 9.50 Å². The molecule has 2 saturated carbocycles. The van der Waals surface area contributed by atoms with E-state index in [1.807, 2.05) is 6.92 Å². The number of hydrogen-bond donors (Lipinski definition) is 4. The highest BCUT2D eigenvalue weighted by Crippen LogP contribution is 2.47.